The van der Waals surface area contributed by atoms with E-state index in [9.17, 15) is 4.79 Å². The zero-order valence-electron chi connectivity index (χ0n) is 13.0. The van der Waals surface area contributed by atoms with Crippen molar-refractivity contribution >= 4 is 5.97 Å². The molecule has 0 aromatic rings. The van der Waals surface area contributed by atoms with Gasteiger partial charge in [0.05, 0.1) is 5.92 Å². The first-order valence-corrected chi connectivity index (χ1v) is 9.03. The third kappa shape index (κ3) is 1.74. The number of fused-ring (bicyclic) bond motifs is 2. The summed E-state index contributed by atoms with van der Waals surface area (Å²) in [6.07, 6.45) is 13.5. The van der Waals surface area contributed by atoms with Crippen molar-refractivity contribution in [2.75, 3.05) is 0 Å². The van der Waals surface area contributed by atoms with Crippen molar-refractivity contribution in [3.05, 3.63) is 12.2 Å². The second-order valence-corrected chi connectivity index (χ2v) is 8.80. The minimum atomic E-state index is -0.143. The second-order valence-electron chi connectivity index (χ2n) is 8.80. The Bertz CT molecular complexity index is 478. The van der Waals surface area contributed by atoms with Crippen molar-refractivity contribution in [2.45, 2.75) is 57.5 Å². The topological polar surface area (TPSA) is 26.3 Å². The molecule has 0 heterocycles. The molecule has 0 aromatic carbocycles. The molecule has 2 heteroatoms. The van der Waals surface area contributed by atoms with Crippen molar-refractivity contribution < 1.29 is 9.53 Å². The Labute approximate surface area is 127 Å². The maximum absolute atomic E-state index is 12.8. The van der Waals surface area contributed by atoms with Crippen molar-refractivity contribution in [3.63, 3.8) is 0 Å². The third-order valence-electron chi connectivity index (χ3n) is 7.66. The maximum atomic E-state index is 12.8. The summed E-state index contributed by atoms with van der Waals surface area (Å²) in [5.74, 6) is 4.57. The summed E-state index contributed by atoms with van der Waals surface area (Å²) in [6.45, 7) is 2.26. The van der Waals surface area contributed by atoms with Gasteiger partial charge in [-0.1, -0.05) is 12.2 Å². The lowest BCUT2D eigenvalue weighted by Crippen LogP contribution is -2.58. The summed E-state index contributed by atoms with van der Waals surface area (Å²) in [5, 5.41) is 0. The first-order valence-electron chi connectivity index (χ1n) is 9.03. The first-order chi connectivity index (χ1) is 10.1. The molecule has 6 rings (SSSR count). The Hall–Kier alpha value is -0.790. The molecule has 0 radical (unpaired) electrons. The third-order valence-corrected chi connectivity index (χ3v) is 7.66. The van der Waals surface area contributed by atoms with Gasteiger partial charge in [-0.25, -0.2) is 0 Å². The van der Waals surface area contributed by atoms with Crippen LogP contribution < -0.4 is 0 Å². The molecular formula is C19H26O2. The number of esters is 1. The minimum Gasteiger partial charge on any atom is -0.459 e. The van der Waals surface area contributed by atoms with Crippen molar-refractivity contribution in [1.29, 1.82) is 0 Å². The second kappa shape index (κ2) is 4.14. The van der Waals surface area contributed by atoms with Crippen LogP contribution in [-0.4, -0.2) is 11.6 Å². The van der Waals surface area contributed by atoms with Crippen molar-refractivity contribution in [1.82, 2.24) is 0 Å². The van der Waals surface area contributed by atoms with Gasteiger partial charge in [0.25, 0.3) is 0 Å². The average molecular weight is 286 g/mol. The molecule has 0 saturated heterocycles. The maximum Gasteiger partial charge on any atom is 0.310 e. The van der Waals surface area contributed by atoms with E-state index in [1.165, 1.54) is 38.5 Å². The summed E-state index contributed by atoms with van der Waals surface area (Å²) < 4.78 is 6.28. The number of ether oxygens (including phenoxy) is 1. The van der Waals surface area contributed by atoms with E-state index in [1.54, 1.807) is 0 Å². The lowest BCUT2D eigenvalue weighted by Gasteiger charge is -2.59. The van der Waals surface area contributed by atoms with E-state index in [0.717, 1.165) is 18.3 Å². The van der Waals surface area contributed by atoms with E-state index in [1.807, 2.05) is 0 Å². The number of carbonyl (C=O) groups excluding carboxylic acids is 1. The van der Waals surface area contributed by atoms with Gasteiger partial charge in [-0.05, 0) is 87.4 Å². The molecule has 114 valence electrons. The van der Waals surface area contributed by atoms with Gasteiger partial charge in [0.1, 0.15) is 5.60 Å². The molecule has 0 aromatic heterocycles. The Balaban J connectivity index is 1.35. The molecule has 6 aliphatic rings. The highest BCUT2D eigenvalue weighted by molar-refractivity contribution is 5.74. The van der Waals surface area contributed by atoms with E-state index in [2.05, 4.69) is 19.1 Å². The number of hydrogen-bond acceptors (Lipinski definition) is 2. The van der Waals surface area contributed by atoms with E-state index in [4.69, 9.17) is 4.74 Å². The van der Waals surface area contributed by atoms with E-state index < -0.39 is 0 Å². The highest BCUT2D eigenvalue weighted by Gasteiger charge is 2.57. The Kier molecular flexibility index (Phi) is 2.51. The quantitative estimate of drug-likeness (QED) is 0.567. The standard InChI is InChI=1S/C19H26O2/c1-19(15-6-12-4-13(8-15)9-16(19)7-12)21-18(20)17-10-11-2-3-14(17)5-11/h2-3,11-17H,4-10H2,1H3/t11-,12?,13?,14+,15?,16?,17+,19?/m0/s1. The molecule has 0 aliphatic heterocycles. The van der Waals surface area contributed by atoms with Gasteiger partial charge in [-0.3, -0.25) is 4.79 Å². The van der Waals surface area contributed by atoms with E-state index >= 15 is 0 Å². The Morgan fingerprint density at radius 1 is 0.952 bits per heavy atom. The molecule has 5 fully saturated rings. The molecule has 0 N–H and O–H groups in total. The van der Waals surface area contributed by atoms with Gasteiger partial charge < -0.3 is 4.74 Å². The van der Waals surface area contributed by atoms with Crippen molar-refractivity contribution in [2.24, 2.45) is 41.4 Å². The van der Waals surface area contributed by atoms with Crippen LogP contribution in [0.3, 0.4) is 0 Å². The molecule has 0 spiro atoms. The SMILES string of the molecule is CC1(OC(=O)[C@@H]2C[C@H]3C=C[C@@H]2C3)C2CC3CC(C2)CC1C3. The van der Waals surface area contributed by atoms with Crippen LogP contribution in [-0.2, 0) is 9.53 Å². The van der Waals surface area contributed by atoms with Gasteiger partial charge in [0.2, 0.25) is 0 Å². The highest BCUT2D eigenvalue weighted by atomic mass is 16.6. The van der Waals surface area contributed by atoms with Crippen molar-refractivity contribution in [3.8, 4) is 0 Å². The molecule has 6 bridgehead atoms. The molecule has 0 unspecified atom stereocenters. The largest absolute Gasteiger partial charge is 0.459 e. The van der Waals surface area contributed by atoms with Crippen LogP contribution in [0.1, 0.15) is 51.9 Å². The first kappa shape index (κ1) is 12.7. The summed E-state index contributed by atoms with van der Waals surface area (Å²) in [7, 11) is 0. The van der Waals surface area contributed by atoms with Gasteiger partial charge in [-0.15, -0.1) is 0 Å². The number of allylic oxidation sites excluding steroid dienone is 2. The Morgan fingerprint density at radius 3 is 2.14 bits per heavy atom. The van der Waals surface area contributed by atoms with E-state index in [0.29, 0.717) is 23.7 Å². The van der Waals surface area contributed by atoms with Gasteiger partial charge in [0.15, 0.2) is 0 Å². The smallest absolute Gasteiger partial charge is 0.310 e. The van der Waals surface area contributed by atoms with Crippen LogP contribution >= 0.6 is 0 Å². The normalized spacial score (nSPS) is 56.1. The van der Waals surface area contributed by atoms with Crippen LogP contribution in [0.5, 0.6) is 0 Å². The monoisotopic (exact) mass is 286 g/mol. The van der Waals surface area contributed by atoms with Crippen LogP contribution in [0, 0.1) is 41.4 Å². The molecule has 2 nitrogen and oxygen atoms in total. The molecule has 3 atom stereocenters. The van der Waals surface area contributed by atoms with Gasteiger partial charge in [0, 0.05) is 0 Å². The van der Waals surface area contributed by atoms with Crippen LogP contribution in [0.2, 0.25) is 0 Å². The van der Waals surface area contributed by atoms with Crippen LogP contribution in [0.25, 0.3) is 0 Å². The summed E-state index contributed by atoms with van der Waals surface area (Å²) in [5.41, 5.74) is -0.143. The molecule has 21 heavy (non-hydrogen) atoms. The molecule has 6 aliphatic carbocycles. The van der Waals surface area contributed by atoms with Crippen LogP contribution in [0.4, 0.5) is 0 Å². The number of hydrogen-bond donors (Lipinski definition) is 0. The summed E-state index contributed by atoms with van der Waals surface area (Å²) in [6, 6.07) is 0. The molecule has 0 amide bonds. The average Bonchev–Trinajstić information content (AvgIpc) is 3.07. The number of carbonyl (C=O) groups is 1. The molecule has 5 saturated carbocycles. The highest BCUT2D eigenvalue weighted by Crippen LogP contribution is 2.60. The fraction of sp³-hybridized carbons (Fsp3) is 0.842. The lowest BCUT2D eigenvalue weighted by molar-refractivity contribution is -0.207. The Morgan fingerprint density at radius 2 is 1.62 bits per heavy atom. The fourth-order valence-electron chi connectivity index (χ4n) is 6.63. The summed E-state index contributed by atoms with van der Waals surface area (Å²) >= 11 is 0. The minimum absolute atomic E-state index is 0.127. The predicted octanol–water partition coefficient (Wildman–Crippen LogP) is 3.96. The predicted molar refractivity (Wildman–Crippen MR) is 80.4 cm³/mol. The summed E-state index contributed by atoms with van der Waals surface area (Å²) in [4.78, 5) is 12.8. The van der Waals surface area contributed by atoms with Gasteiger partial charge >= 0.3 is 5.97 Å². The zero-order valence-corrected chi connectivity index (χ0v) is 13.0. The lowest BCUT2D eigenvalue weighted by atomic mass is 9.50. The number of rotatable bonds is 2. The van der Waals surface area contributed by atoms with E-state index in [-0.39, 0.29) is 17.5 Å². The van der Waals surface area contributed by atoms with Crippen LogP contribution in [0.15, 0.2) is 12.2 Å². The zero-order chi connectivity index (χ0) is 14.2. The van der Waals surface area contributed by atoms with Gasteiger partial charge in [-0.2, -0.15) is 0 Å². The molecular weight excluding hydrogens is 260 g/mol. The fourth-order valence-corrected chi connectivity index (χ4v) is 6.63.